The first-order valence-corrected chi connectivity index (χ1v) is 10.1. The van der Waals surface area contributed by atoms with Crippen molar-refractivity contribution in [1.29, 1.82) is 0 Å². The summed E-state index contributed by atoms with van der Waals surface area (Å²) < 4.78 is 7.61. The van der Waals surface area contributed by atoms with Crippen LogP contribution in [0.5, 0.6) is 0 Å². The molecule has 1 fully saturated rings. The van der Waals surface area contributed by atoms with Crippen LogP contribution in [0.1, 0.15) is 61.8 Å². The van der Waals surface area contributed by atoms with Crippen molar-refractivity contribution in [1.82, 2.24) is 9.47 Å². The number of ether oxygens (including phenoxy) is 1. The molecule has 0 N–H and O–H groups in total. The first-order valence-electron chi connectivity index (χ1n) is 10.1. The van der Waals surface area contributed by atoms with Gasteiger partial charge in [0.2, 0.25) is 0 Å². The molecule has 0 spiro atoms. The molecule has 1 aromatic heterocycles. The van der Waals surface area contributed by atoms with Crippen LogP contribution in [-0.2, 0) is 9.53 Å². The van der Waals surface area contributed by atoms with Crippen molar-refractivity contribution in [2.75, 3.05) is 0 Å². The van der Waals surface area contributed by atoms with E-state index in [-0.39, 0.29) is 18.0 Å². The summed E-state index contributed by atoms with van der Waals surface area (Å²) in [7, 11) is 0. The maximum Gasteiger partial charge on any atom is 0.338 e. The van der Waals surface area contributed by atoms with Crippen molar-refractivity contribution in [3.8, 4) is 5.69 Å². The third kappa shape index (κ3) is 3.98. The van der Waals surface area contributed by atoms with E-state index in [1.807, 2.05) is 30.9 Å². The number of hydrogen-bond acceptors (Lipinski definition) is 3. The molecule has 1 aliphatic heterocycles. The zero-order valence-corrected chi connectivity index (χ0v) is 17.4. The fourth-order valence-corrected chi connectivity index (χ4v) is 4.17. The van der Waals surface area contributed by atoms with E-state index < -0.39 is 12.1 Å². The minimum atomic E-state index is -0.788. The molecule has 2 aromatic rings. The Labute approximate surface area is 167 Å². The minimum absolute atomic E-state index is 0.108. The summed E-state index contributed by atoms with van der Waals surface area (Å²) in [5.41, 5.74) is 3.72. The molecule has 28 heavy (non-hydrogen) atoms. The van der Waals surface area contributed by atoms with Gasteiger partial charge in [-0.2, -0.15) is 0 Å². The molecule has 5 heteroatoms. The van der Waals surface area contributed by atoms with Crippen LogP contribution in [0.4, 0.5) is 0 Å². The van der Waals surface area contributed by atoms with Gasteiger partial charge in [0.25, 0.3) is 5.91 Å². The van der Waals surface area contributed by atoms with Gasteiger partial charge >= 0.3 is 5.97 Å². The van der Waals surface area contributed by atoms with Crippen LogP contribution in [0.2, 0.25) is 0 Å². The van der Waals surface area contributed by atoms with Crippen molar-refractivity contribution in [3.63, 3.8) is 0 Å². The maximum absolute atomic E-state index is 12.8. The van der Waals surface area contributed by atoms with E-state index in [0.717, 1.165) is 36.3 Å². The lowest BCUT2D eigenvalue weighted by Crippen LogP contribution is -2.51. The van der Waals surface area contributed by atoms with Crippen LogP contribution in [0.3, 0.4) is 0 Å². The number of aromatic nitrogens is 1. The summed E-state index contributed by atoms with van der Waals surface area (Å²) in [5, 5.41) is 0. The van der Waals surface area contributed by atoms with E-state index in [2.05, 4.69) is 30.5 Å². The second-order valence-corrected chi connectivity index (χ2v) is 7.92. The number of esters is 1. The van der Waals surface area contributed by atoms with Gasteiger partial charge in [-0.15, -0.1) is 0 Å². The second kappa shape index (κ2) is 8.21. The Bertz CT molecular complexity index is 824. The molecule has 2 heterocycles. The molecule has 150 valence electrons. The summed E-state index contributed by atoms with van der Waals surface area (Å²) in [4.78, 5) is 27.2. The van der Waals surface area contributed by atoms with Gasteiger partial charge in [-0.25, -0.2) is 4.79 Å². The molecule has 0 aliphatic carbocycles. The average Bonchev–Trinajstić information content (AvgIpc) is 2.99. The number of rotatable bonds is 4. The molecular weight excluding hydrogens is 352 g/mol. The van der Waals surface area contributed by atoms with Gasteiger partial charge in [0.15, 0.2) is 6.10 Å². The Morgan fingerprint density at radius 2 is 1.50 bits per heavy atom. The minimum Gasteiger partial charge on any atom is -0.449 e. The third-order valence-electron chi connectivity index (χ3n) is 5.71. The molecule has 0 saturated carbocycles. The number of aryl methyl sites for hydroxylation is 2. The largest absolute Gasteiger partial charge is 0.449 e. The van der Waals surface area contributed by atoms with Crippen LogP contribution in [0.25, 0.3) is 5.69 Å². The van der Waals surface area contributed by atoms with Crippen LogP contribution in [0, 0.1) is 13.8 Å². The highest BCUT2D eigenvalue weighted by atomic mass is 16.5. The number of carbonyl (C=O) groups excluding carboxylic acids is 2. The van der Waals surface area contributed by atoms with Gasteiger partial charge < -0.3 is 14.2 Å². The second-order valence-electron chi connectivity index (χ2n) is 7.92. The maximum atomic E-state index is 12.8. The predicted octanol–water partition coefficient (Wildman–Crippen LogP) is 4.43. The molecule has 3 atom stereocenters. The monoisotopic (exact) mass is 382 g/mol. The number of likely N-dealkylation sites (tertiary alicyclic amines) is 1. The van der Waals surface area contributed by atoms with E-state index in [0.29, 0.717) is 5.56 Å². The highest BCUT2D eigenvalue weighted by molar-refractivity contribution is 5.92. The summed E-state index contributed by atoms with van der Waals surface area (Å²) in [6, 6.07) is 11.8. The number of hydrogen-bond donors (Lipinski definition) is 0. The van der Waals surface area contributed by atoms with Gasteiger partial charge in [0.1, 0.15) is 0 Å². The molecule has 1 saturated heterocycles. The number of amides is 1. The third-order valence-corrected chi connectivity index (χ3v) is 5.71. The van der Waals surface area contributed by atoms with Crippen molar-refractivity contribution >= 4 is 11.9 Å². The quantitative estimate of drug-likeness (QED) is 0.735. The van der Waals surface area contributed by atoms with Crippen LogP contribution < -0.4 is 0 Å². The molecule has 5 nitrogen and oxygen atoms in total. The van der Waals surface area contributed by atoms with Gasteiger partial charge in [-0.05, 0) is 90.3 Å². The fraction of sp³-hybridized carbons (Fsp3) is 0.478. The smallest absolute Gasteiger partial charge is 0.338 e. The summed E-state index contributed by atoms with van der Waals surface area (Å²) in [6.45, 7) is 9.88. The number of nitrogens with zero attached hydrogens (tertiary/aromatic N) is 2. The van der Waals surface area contributed by atoms with E-state index in [9.17, 15) is 9.59 Å². The Morgan fingerprint density at radius 3 is 2.04 bits per heavy atom. The van der Waals surface area contributed by atoms with Gasteiger partial charge in [0.05, 0.1) is 5.56 Å². The lowest BCUT2D eigenvalue weighted by atomic mass is 9.97. The molecule has 0 unspecified atom stereocenters. The summed E-state index contributed by atoms with van der Waals surface area (Å²) >= 11 is 0. The molecule has 0 radical (unpaired) electrons. The number of piperidine rings is 1. The lowest BCUT2D eigenvalue weighted by Gasteiger charge is -2.40. The van der Waals surface area contributed by atoms with E-state index in [1.54, 1.807) is 19.1 Å². The Morgan fingerprint density at radius 1 is 0.964 bits per heavy atom. The highest BCUT2D eigenvalue weighted by Gasteiger charge is 2.33. The van der Waals surface area contributed by atoms with E-state index >= 15 is 0 Å². The lowest BCUT2D eigenvalue weighted by molar-refractivity contribution is -0.146. The summed E-state index contributed by atoms with van der Waals surface area (Å²) in [5.74, 6) is -0.575. The van der Waals surface area contributed by atoms with Gasteiger partial charge in [0, 0.05) is 29.2 Å². The standard InChI is InChI=1S/C23H30N2O3/c1-15-7-6-8-16(2)25(15)22(26)19(5)28-23(27)20-11-13-21(14-12-20)24-17(3)9-10-18(24)4/h9-16,19H,6-8H2,1-5H3/t15-,16-,19-/m0/s1. The molecular formula is C23H30N2O3. The van der Waals surface area contributed by atoms with Crippen molar-refractivity contribution in [2.45, 2.75) is 72.1 Å². The van der Waals surface area contributed by atoms with E-state index in [4.69, 9.17) is 4.74 Å². The van der Waals surface area contributed by atoms with Crippen LogP contribution in [0.15, 0.2) is 36.4 Å². The fourth-order valence-electron chi connectivity index (χ4n) is 4.17. The van der Waals surface area contributed by atoms with Crippen LogP contribution >= 0.6 is 0 Å². The zero-order valence-electron chi connectivity index (χ0n) is 17.4. The van der Waals surface area contributed by atoms with Crippen molar-refractivity contribution in [2.24, 2.45) is 0 Å². The Kier molecular flexibility index (Phi) is 5.92. The predicted molar refractivity (Wildman–Crippen MR) is 110 cm³/mol. The number of carbonyl (C=O) groups is 2. The Balaban J connectivity index is 1.68. The highest BCUT2D eigenvalue weighted by Crippen LogP contribution is 2.24. The topological polar surface area (TPSA) is 51.5 Å². The normalized spacial score (nSPS) is 20.7. The molecule has 1 amide bonds. The van der Waals surface area contributed by atoms with E-state index in [1.165, 1.54) is 0 Å². The zero-order chi connectivity index (χ0) is 20.4. The Hall–Kier alpha value is -2.56. The van der Waals surface area contributed by atoms with Gasteiger partial charge in [-0.3, -0.25) is 4.79 Å². The van der Waals surface area contributed by atoms with Gasteiger partial charge in [-0.1, -0.05) is 0 Å². The SMILES string of the molecule is Cc1ccc(C)n1-c1ccc(C(=O)O[C@@H](C)C(=O)N2[C@@H](C)CCC[C@@H]2C)cc1. The first kappa shape index (κ1) is 20.2. The molecule has 1 aliphatic rings. The molecule has 3 rings (SSSR count). The number of benzene rings is 1. The van der Waals surface area contributed by atoms with Crippen molar-refractivity contribution < 1.29 is 14.3 Å². The molecule has 0 bridgehead atoms. The molecule has 1 aromatic carbocycles. The first-order chi connectivity index (χ1) is 13.3. The average molecular weight is 383 g/mol. The van der Waals surface area contributed by atoms with Crippen LogP contribution in [-0.4, -0.2) is 39.5 Å². The summed E-state index contributed by atoms with van der Waals surface area (Å²) in [6.07, 6.45) is 2.34. The van der Waals surface area contributed by atoms with Crippen molar-refractivity contribution in [3.05, 3.63) is 53.3 Å².